The summed E-state index contributed by atoms with van der Waals surface area (Å²) in [7, 11) is 1.39. The number of hydrogen-bond donors (Lipinski definition) is 0. The minimum Gasteiger partial charge on any atom is -0.469 e. The van der Waals surface area contributed by atoms with Crippen molar-refractivity contribution in [2.75, 3.05) is 13.7 Å². The van der Waals surface area contributed by atoms with Gasteiger partial charge in [0.05, 0.1) is 13.7 Å². The molecule has 3 aromatic rings. The average Bonchev–Trinajstić information content (AvgIpc) is 3.11. The Bertz CT molecular complexity index is 1090. The molecular weight excluding hydrogens is 412 g/mol. The van der Waals surface area contributed by atoms with Crippen LogP contribution in [0.5, 0.6) is 0 Å². The van der Waals surface area contributed by atoms with E-state index in [1.54, 1.807) is 0 Å². The summed E-state index contributed by atoms with van der Waals surface area (Å²) in [6, 6.07) is 16.4. The number of carbonyl (C=O) groups is 2. The van der Waals surface area contributed by atoms with E-state index in [1.807, 2.05) is 17.0 Å². The summed E-state index contributed by atoms with van der Waals surface area (Å²) in [5.74, 6) is -0.0689. The van der Waals surface area contributed by atoms with Crippen LogP contribution in [0.4, 0.5) is 0 Å². The Kier molecular flexibility index (Phi) is 6.62. The van der Waals surface area contributed by atoms with E-state index in [-0.39, 0.29) is 11.9 Å². The normalized spacial score (nSPS) is 13.3. The lowest BCUT2D eigenvalue weighted by molar-refractivity contribution is -0.141. The van der Waals surface area contributed by atoms with Gasteiger partial charge in [0.25, 0.3) is 0 Å². The molecule has 0 radical (unpaired) electrons. The van der Waals surface area contributed by atoms with Gasteiger partial charge in [-0.1, -0.05) is 41.9 Å². The van der Waals surface area contributed by atoms with E-state index >= 15 is 0 Å². The lowest BCUT2D eigenvalue weighted by Gasteiger charge is -2.29. The number of hydrogen-bond acceptors (Lipinski definition) is 3. The predicted molar refractivity (Wildman–Crippen MR) is 122 cm³/mol. The third-order valence-corrected chi connectivity index (χ3v) is 6.27. The smallest absolute Gasteiger partial charge is 0.305 e. The van der Waals surface area contributed by atoms with Gasteiger partial charge in [0.2, 0.25) is 5.91 Å². The molecule has 6 heteroatoms. The summed E-state index contributed by atoms with van der Waals surface area (Å²) >= 11 is 6.06. The van der Waals surface area contributed by atoms with Crippen molar-refractivity contribution < 1.29 is 14.3 Å². The molecule has 4 rings (SSSR count). The van der Waals surface area contributed by atoms with Gasteiger partial charge in [-0.3, -0.25) is 9.59 Å². The van der Waals surface area contributed by atoms with Crippen LogP contribution in [0.2, 0.25) is 5.02 Å². The largest absolute Gasteiger partial charge is 0.469 e. The van der Waals surface area contributed by atoms with Crippen molar-refractivity contribution in [3.05, 3.63) is 70.4 Å². The highest BCUT2D eigenvalue weighted by Gasteiger charge is 2.26. The van der Waals surface area contributed by atoms with Gasteiger partial charge < -0.3 is 14.2 Å². The number of ether oxygens (including phenoxy) is 1. The molecule has 31 heavy (non-hydrogen) atoms. The van der Waals surface area contributed by atoms with Gasteiger partial charge in [0, 0.05) is 47.6 Å². The summed E-state index contributed by atoms with van der Waals surface area (Å²) in [5, 5.41) is 2.00. The number of aromatic nitrogens is 1. The van der Waals surface area contributed by atoms with Crippen molar-refractivity contribution >= 4 is 34.4 Å². The zero-order valence-corrected chi connectivity index (χ0v) is 18.5. The Balaban J connectivity index is 1.53. The minimum atomic E-state index is -0.221. The first-order valence-electron chi connectivity index (χ1n) is 10.7. The fourth-order valence-corrected chi connectivity index (χ4v) is 4.49. The van der Waals surface area contributed by atoms with Crippen LogP contribution in [0, 0.1) is 0 Å². The lowest BCUT2D eigenvalue weighted by Crippen LogP contribution is -2.36. The Labute approximate surface area is 187 Å². The lowest BCUT2D eigenvalue weighted by atomic mass is 10.0. The summed E-state index contributed by atoms with van der Waals surface area (Å²) in [6.07, 6.45) is 3.06. The first-order valence-corrected chi connectivity index (χ1v) is 11.1. The second-order valence-corrected chi connectivity index (χ2v) is 8.44. The highest BCUT2D eigenvalue weighted by molar-refractivity contribution is 6.30. The van der Waals surface area contributed by atoms with E-state index in [4.69, 9.17) is 11.6 Å². The fourth-order valence-electron chi connectivity index (χ4n) is 4.37. The van der Waals surface area contributed by atoms with Gasteiger partial charge >= 0.3 is 5.97 Å². The van der Waals surface area contributed by atoms with Crippen LogP contribution in [0.1, 0.15) is 42.5 Å². The quantitative estimate of drug-likeness (QED) is 0.387. The van der Waals surface area contributed by atoms with Crippen molar-refractivity contribution in [3.63, 3.8) is 0 Å². The molecule has 0 atom stereocenters. The minimum absolute atomic E-state index is 0.152. The summed E-state index contributed by atoms with van der Waals surface area (Å²) in [4.78, 5) is 26.0. The Hall–Kier alpha value is -2.79. The summed E-state index contributed by atoms with van der Waals surface area (Å²) in [6.45, 7) is 2.10. The maximum absolute atomic E-state index is 12.8. The average molecular weight is 439 g/mol. The number of fused-ring (bicyclic) bond motifs is 3. The van der Waals surface area contributed by atoms with Crippen LogP contribution in [0.25, 0.3) is 10.9 Å². The molecule has 0 saturated carbocycles. The molecule has 0 spiro atoms. The molecule has 0 fully saturated rings. The molecule has 162 valence electrons. The Morgan fingerprint density at radius 3 is 2.55 bits per heavy atom. The zero-order valence-electron chi connectivity index (χ0n) is 17.8. The van der Waals surface area contributed by atoms with Crippen molar-refractivity contribution in [3.8, 4) is 0 Å². The van der Waals surface area contributed by atoms with Gasteiger partial charge in [0.1, 0.15) is 0 Å². The van der Waals surface area contributed by atoms with Crippen molar-refractivity contribution in [1.29, 1.82) is 0 Å². The Morgan fingerprint density at radius 2 is 1.77 bits per heavy atom. The standard InChI is InChI=1S/C25H27ClN2O3/c1-31-25(30)9-5-4-8-24(29)27-15-14-21-20-6-2-3-7-22(20)28(23(21)17-27)16-18-10-12-19(26)13-11-18/h2-3,6-7,10-13H,4-5,8-9,14-17H2,1H3. The Morgan fingerprint density at radius 1 is 1.03 bits per heavy atom. The third-order valence-electron chi connectivity index (χ3n) is 6.02. The molecule has 1 aromatic heterocycles. The fraction of sp³-hybridized carbons (Fsp3) is 0.360. The number of benzene rings is 2. The molecule has 5 nitrogen and oxygen atoms in total. The number of nitrogens with zero attached hydrogens (tertiary/aromatic N) is 2. The maximum Gasteiger partial charge on any atom is 0.305 e. The highest BCUT2D eigenvalue weighted by Crippen LogP contribution is 2.32. The molecule has 1 amide bonds. The molecule has 1 aliphatic rings. The molecule has 0 saturated heterocycles. The van der Waals surface area contributed by atoms with Crippen molar-refractivity contribution in [2.24, 2.45) is 0 Å². The maximum atomic E-state index is 12.8. The number of unbranched alkanes of at least 4 members (excludes halogenated alkanes) is 1. The van der Waals surface area contributed by atoms with Gasteiger partial charge in [0.15, 0.2) is 0 Å². The first-order chi connectivity index (χ1) is 15.1. The molecule has 0 N–H and O–H groups in total. The molecule has 0 bridgehead atoms. The SMILES string of the molecule is COC(=O)CCCCC(=O)N1CCc2c(n(Cc3ccc(Cl)cc3)c3ccccc23)C1. The monoisotopic (exact) mass is 438 g/mol. The van der Waals surface area contributed by atoms with Crippen molar-refractivity contribution in [2.45, 2.75) is 45.2 Å². The second kappa shape index (κ2) is 9.56. The highest BCUT2D eigenvalue weighted by atomic mass is 35.5. The molecule has 2 aromatic carbocycles. The third kappa shape index (κ3) is 4.77. The number of rotatable bonds is 7. The molecular formula is C25H27ClN2O3. The van der Waals surface area contributed by atoms with E-state index in [1.165, 1.54) is 34.8 Å². The van der Waals surface area contributed by atoms with E-state index in [0.29, 0.717) is 32.2 Å². The number of carbonyl (C=O) groups excluding carboxylic acids is 2. The van der Waals surface area contributed by atoms with E-state index in [0.717, 1.165) is 24.5 Å². The number of amides is 1. The van der Waals surface area contributed by atoms with E-state index < -0.39 is 0 Å². The number of esters is 1. The topological polar surface area (TPSA) is 51.5 Å². The summed E-state index contributed by atoms with van der Waals surface area (Å²) in [5.41, 5.74) is 4.94. The number of para-hydroxylation sites is 1. The van der Waals surface area contributed by atoms with Crippen LogP contribution in [0.3, 0.4) is 0 Å². The van der Waals surface area contributed by atoms with Gasteiger partial charge in [-0.05, 0) is 48.6 Å². The van der Waals surface area contributed by atoms with Crippen LogP contribution < -0.4 is 0 Å². The zero-order chi connectivity index (χ0) is 21.8. The summed E-state index contributed by atoms with van der Waals surface area (Å²) < 4.78 is 7.00. The first kappa shape index (κ1) is 21.4. The van der Waals surface area contributed by atoms with Gasteiger partial charge in [-0.2, -0.15) is 0 Å². The molecule has 2 heterocycles. The van der Waals surface area contributed by atoms with E-state index in [2.05, 4.69) is 45.7 Å². The van der Waals surface area contributed by atoms with Crippen LogP contribution in [-0.4, -0.2) is 35.0 Å². The van der Waals surface area contributed by atoms with E-state index in [9.17, 15) is 9.59 Å². The van der Waals surface area contributed by atoms with Gasteiger partial charge in [-0.15, -0.1) is 0 Å². The predicted octanol–water partition coefficient (Wildman–Crippen LogP) is 4.96. The number of methoxy groups -OCH3 is 1. The van der Waals surface area contributed by atoms with Crippen LogP contribution in [0.15, 0.2) is 48.5 Å². The second-order valence-electron chi connectivity index (χ2n) is 8.00. The van der Waals surface area contributed by atoms with Gasteiger partial charge in [-0.25, -0.2) is 0 Å². The molecule has 1 aliphatic heterocycles. The molecule has 0 aliphatic carbocycles. The molecule has 0 unspecified atom stereocenters. The van der Waals surface area contributed by atoms with Crippen LogP contribution >= 0.6 is 11.6 Å². The number of halogens is 1. The van der Waals surface area contributed by atoms with Crippen LogP contribution in [-0.2, 0) is 33.8 Å². The van der Waals surface area contributed by atoms with Crippen molar-refractivity contribution in [1.82, 2.24) is 9.47 Å².